The van der Waals surface area contributed by atoms with E-state index in [2.05, 4.69) is 27.3 Å². The zero-order chi connectivity index (χ0) is 12.0. The Morgan fingerprint density at radius 2 is 2.31 bits per heavy atom. The second-order valence-corrected chi connectivity index (χ2v) is 4.11. The van der Waals surface area contributed by atoms with E-state index in [0.717, 1.165) is 0 Å². The minimum Gasteiger partial charge on any atom is -0.396 e. The first-order valence-corrected chi connectivity index (χ1v) is 5.67. The summed E-state index contributed by atoms with van der Waals surface area (Å²) in [6.45, 7) is 0.577. The average molecular weight is 287 g/mol. The summed E-state index contributed by atoms with van der Waals surface area (Å²) in [5.41, 5.74) is 0.570. The van der Waals surface area contributed by atoms with Gasteiger partial charge in [-0.25, -0.2) is 4.39 Å². The fourth-order valence-corrected chi connectivity index (χ4v) is 1.76. The van der Waals surface area contributed by atoms with Crippen LogP contribution in [-0.4, -0.2) is 18.3 Å². The van der Waals surface area contributed by atoms with E-state index in [-0.39, 0.29) is 12.4 Å². The summed E-state index contributed by atoms with van der Waals surface area (Å²) in [5, 5.41) is 20.5. The van der Waals surface area contributed by atoms with E-state index in [1.165, 1.54) is 12.1 Å². The van der Waals surface area contributed by atoms with Crippen molar-refractivity contribution in [3.63, 3.8) is 0 Å². The lowest BCUT2D eigenvalue weighted by molar-refractivity contribution is 0.285. The first-order valence-electron chi connectivity index (χ1n) is 4.88. The molecule has 5 heteroatoms. The number of nitriles is 1. The van der Waals surface area contributed by atoms with Crippen LogP contribution in [0.2, 0.25) is 0 Å². The zero-order valence-electron chi connectivity index (χ0n) is 8.58. The monoisotopic (exact) mass is 286 g/mol. The first-order chi connectivity index (χ1) is 7.69. The van der Waals surface area contributed by atoms with Gasteiger partial charge in [-0.05, 0) is 31.2 Å². The zero-order valence-corrected chi connectivity index (χ0v) is 10.2. The molecule has 1 aromatic carbocycles. The van der Waals surface area contributed by atoms with E-state index < -0.39 is 6.04 Å². The number of benzene rings is 1. The van der Waals surface area contributed by atoms with Crippen molar-refractivity contribution in [1.82, 2.24) is 5.32 Å². The molecule has 1 aromatic rings. The van der Waals surface area contributed by atoms with Gasteiger partial charge in [-0.15, -0.1) is 0 Å². The van der Waals surface area contributed by atoms with Crippen molar-refractivity contribution >= 4 is 15.9 Å². The van der Waals surface area contributed by atoms with E-state index in [0.29, 0.717) is 23.0 Å². The maximum atomic E-state index is 13.0. The lowest BCUT2D eigenvalue weighted by Crippen LogP contribution is -2.22. The minimum atomic E-state index is -0.573. The van der Waals surface area contributed by atoms with E-state index in [1.54, 1.807) is 6.07 Å². The van der Waals surface area contributed by atoms with Gasteiger partial charge >= 0.3 is 0 Å². The highest BCUT2D eigenvalue weighted by Gasteiger charge is 2.13. The van der Waals surface area contributed by atoms with Crippen LogP contribution in [0.5, 0.6) is 0 Å². The third-order valence-corrected chi connectivity index (χ3v) is 2.80. The highest BCUT2D eigenvalue weighted by molar-refractivity contribution is 9.10. The molecule has 1 unspecified atom stereocenters. The molecule has 0 aliphatic heterocycles. The van der Waals surface area contributed by atoms with Gasteiger partial charge in [0, 0.05) is 16.6 Å². The summed E-state index contributed by atoms with van der Waals surface area (Å²) >= 11 is 3.27. The topological polar surface area (TPSA) is 56.0 Å². The molecule has 0 amide bonds. The summed E-state index contributed by atoms with van der Waals surface area (Å²) in [5.74, 6) is -0.373. The molecule has 3 nitrogen and oxygen atoms in total. The molecule has 0 fully saturated rings. The lowest BCUT2D eigenvalue weighted by atomic mass is 10.1. The lowest BCUT2D eigenvalue weighted by Gasteiger charge is -2.13. The predicted octanol–water partition coefficient (Wildman–Crippen LogP) is 2.12. The van der Waals surface area contributed by atoms with Gasteiger partial charge in [-0.3, -0.25) is 5.32 Å². The van der Waals surface area contributed by atoms with Crippen molar-refractivity contribution in [2.24, 2.45) is 0 Å². The van der Waals surface area contributed by atoms with Crippen LogP contribution >= 0.6 is 15.9 Å². The number of hydrogen-bond acceptors (Lipinski definition) is 3. The maximum absolute atomic E-state index is 13.0. The first kappa shape index (κ1) is 13.1. The summed E-state index contributed by atoms with van der Waals surface area (Å²) in [7, 11) is 0. The molecule has 0 bridgehead atoms. The molecule has 2 N–H and O–H groups in total. The van der Waals surface area contributed by atoms with Crippen molar-refractivity contribution in [1.29, 1.82) is 5.26 Å². The second-order valence-electron chi connectivity index (χ2n) is 3.26. The van der Waals surface area contributed by atoms with Crippen molar-refractivity contribution < 1.29 is 9.50 Å². The van der Waals surface area contributed by atoms with E-state index in [9.17, 15) is 4.39 Å². The van der Waals surface area contributed by atoms with Crippen LogP contribution < -0.4 is 5.32 Å². The number of hydrogen-bond donors (Lipinski definition) is 2. The van der Waals surface area contributed by atoms with Gasteiger partial charge < -0.3 is 5.11 Å². The normalized spacial score (nSPS) is 12.1. The Labute approximate surface area is 102 Å². The van der Waals surface area contributed by atoms with Crippen LogP contribution in [0.4, 0.5) is 4.39 Å². The Hall–Kier alpha value is -0.960. The van der Waals surface area contributed by atoms with Crippen LogP contribution in [0.15, 0.2) is 22.7 Å². The van der Waals surface area contributed by atoms with Gasteiger partial charge in [-0.1, -0.05) is 15.9 Å². The van der Waals surface area contributed by atoms with E-state index in [4.69, 9.17) is 10.4 Å². The molecule has 0 aliphatic carbocycles. The van der Waals surface area contributed by atoms with Gasteiger partial charge in [0.1, 0.15) is 11.9 Å². The molecule has 0 aromatic heterocycles. The molecule has 0 aliphatic rings. The van der Waals surface area contributed by atoms with E-state index >= 15 is 0 Å². The fraction of sp³-hybridized carbons (Fsp3) is 0.364. The molecule has 1 atom stereocenters. The Bertz CT molecular complexity index is 392. The molecule has 0 heterocycles. The van der Waals surface area contributed by atoms with Crippen molar-refractivity contribution in [3.8, 4) is 6.07 Å². The number of halogens is 2. The Balaban J connectivity index is 2.79. The quantitative estimate of drug-likeness (QED) is 0.816. The van der Waals surface area contributed by atoms with Gasteiger partial charge in [0.15, 0.2) is 0 Å². The Morgan fingerprint density at radius 3 is 2.94 bits per heavy atom. The van der Waals surface area contributed by atoms with Gasteiger partial charge in [0.2, 0.25) is 0 Å². The molecule has 0 saturated carbocycles. The van der Waals surface area contributed by atoms with Gasteiger partial charge in [-0.2, -0.15) is 5.26 Å². The van der Waals surface area contributed by atoms with Crippen molar-refractivity contribution in [2.45, 2.75) is 12.5 Å². The minimum absolute atomic E-state index is 0.0649. The van der Waals surface area contributed by atoms with Crippen molar-refractivity contribution in [3.05, 3.63) is 34.1 Å². The molecular weight excluding hydrogens is 275 g/mol. The standard InChI is InChI=1S/C11H12BrFN2O/c12-10-3-2-8(13)6-9(10)11(7-14)15-4-1-5-16/h2-3,6,11,15-16H,1,4-5H2. The van der Waals surface area contributed by atoms with Crippen LogP contribution in [0.1, 0.15) is 18.0 Å². The number of aliphatic hydroxyl groups excluding tert-OH is 1. The maximum Gasteiger partial charge on any atom is 0.123 e. The third-order valence-electron chi connectivity index (χ3n) is 2.08. The SMILES string of the molecule is N#CC(NCCCO)c1cc(F)ccc1Br. The highest BCUT2D eigenvalue weighted by atomic mass is 79.9. The average Bonchev–Trinajstić information content (AvgIpc) is 2.28. The smallest absolute Gasteiger partial charge is 0.123 e. The predicted molar refractivity (Wildman–Crippen MR) is 62.2 cm³/mol. The van der Waals surface area contributed by atoms with Crippen LogP contribution in [-0.2, 0) is 0 Å². The molecule has 1 rings (SSSR count). The van der Waals surface area contributed by atoms with E-state index in [1.807, 2.05) is 0 Å². The second kappa shape index (κ2) is 6.59. The summed E-state index contributed by atoms with van der Waals surface area (Å²) in [6.07, 6.45) is 0.561. The summed E-state index contributed by atoms with van der Waals surface area (Å²) in [4.78, 5) is 0. The number of nitrogens with one attached hydrogen (secondary N) is 1. The largest absolute Gasteiger partial charge is 0.396 e. The van der Waals surface area contributed by atoms with Crippen LogP contribution in [0, 0.1) is 17.1 Å². The summed E-state index contributed by atoms with van der Waals surface area (Å²) < 4.78 is 13.7. The highest BCUT2D eigenvalue weighted by Crippen LogP contribution is 2.24. The molecule has 0 spiro atoms. The third kappa shape index (κ3) is 3.56. The van der Waals surface area contributed by atoms with Crippen molar-refractivity contribution in [2.75, 3.05) is 13.2 Å². The molecular formula is C11H12BrFN2O. The number of rotatable bonds is 5. The fourth-order valence-electron chi connectivity index (χ4n) is 1.29. The van der Waals surface area contributed by atoms with Crippen LogP contribution in [0.25, 0.3) is 0 Å². The number of nitrogens with zero attached hydrogens (tertiary/aromatic N) is 1. The van der Waals surface area contributed by atoms with Gasteiger partial charge in [0.05, 0.1) is 6.07 Å². The number of aliphatic hydroxyl groups is 1. The molecule has 0 saturated heterocycles. The van der Waals surface area contributed by atoms with Crippen LogP contribution in [0.3, 0.4) is 0 Å². The Kier molecular flexibility index (Phi) is 5.39. The molecule has 0 radical (unpaired) electrons. The Morgan fingerprint density at radius 1 is 1.56 bits per heavy atom. The van der Waals surface area contributed by atoms with Gasteiger partial charge in [0.25, 0.3) is 0 Å². The molecule has 16 heavy (non-hydrogen) atoms. The molecule has 86 valence electrons. The summed E-state index contributed by atoms with van der Waals surface area (Å²) in [6, 6.07) is 5.71.